The van der Waals surface area contributed by atoms with E-state index in [2.05, 4.69) is 5.32 Å². The summed E-state index contributed by atoms with van der Waals surface area (Å²) < 4.78 is 0. The molecule has 1 atom stereocenters. The van der Waals surface area contributed by atoms with Crippen LogP contribution in [0, 0.1) is 0 Å². The molecule has 0 saturated carbocycles. The van der Waals surface area contributed by atoms with Gasteiger partial charge in [0.1, 0.15) is 0 Å². The van der Waals surface area contributed by atoms with Crippen molar-refractivity contribution < 1.29 is 9.59 Å². The molecule has 2 heterocycles. The van der Waals surface area contributed by atoms with Crippen LogP contribution in [0.25, 0.3) is 0 Å². The number of nitrogens with one attached hydrogen (secondary N) is 1. The molecule has 0 aliphatic carbocycles. The van der Waals surface area contributed by atoms with Gasteiger partial charge in [-0.05, 0) is 26.3 Å². The molecule has 2 rings (SSSR count). The van der Waals surface area contributed by atoms with Crippen LogP contribution in [0.3, 0.4) is 0 Å². The lowest BCUT2D eigenvalue weighted by atomic mass is 10.2. The number of likely N-dealkylation sites (N-methyl/N-ethyl adjacent to an activating group) is 1. The molecule has 0 radical (unpaired) electrons. The second-order valence-electron chi connectivity index (χ2n) is 5.18. The Morgan fingerprint density at radius 2 is 1.89 bits per heavy atom. The number of hydrogen-bond acceptors (Lipinski definition) is 3. The van der Waals surface area contributed by atoms with Crippen LogP contribution < -0.4 is 5.32 Å². The molecule has 0 aromatic rings. The first-order valence-electron chi connectivity index (χ1n) is 6.96. The quantitative estimate of drug-likeness (QED) is 0.782. The van der Waals surface area contributed by atoms with Crippen LogP contribution in [0.4, 0.5) is 0 Å². The predicted octanol–water partition coefficient (Wildman–Crippen LogP) is 0.209. The van der Waals surface area contributed by atoms with Gasteiger partial charge in [0.15, 0.2) is 0 Å². The van der Waals surface area contributed by atoms with Crippen molar-refractivity contribution in [1.82, 2.24) is 15.1 Å². The summed E-state index contributed by atoms with van der Waals surface area (Å²) in [5.41, 5.74) is 0. The third-order valence-corrected chi connectivity index (χ3v) is 3.93. The Balaban J connectivity index is 1.85. The Hall–Kier alpha value is -1.10. The first kappa shape index (κ1) is 13.3. The van der Waals surface area contributed by atoms with E-state index in [0.29, 0.717) is 6.54 Å². The molecule has 0 bridgehead atoms. The maximum absolute atomic E-state index is 12.2. The van der Waals surface area contributed by atoms with Crippen molar-refractivity contribution >= 4 is 11.8 Å². The highest BCUT2D eigenvalue weighted by atomic mass is 16.2. The van der Waals surface area contributed by atoms with E-state index in [0.717, 1.165) is 32.4 Å². The summed E-state index contributed by atoms with van der Waals surface area (Å²) in [6.45, 7) is 2.67. The Kier molecular flexibility index (Phi) is 4.58. The predicted molar refractivity (Wildman–Crippen MR) is 69.1 cm³/mol. The zero-order chi connectivity index (χ0) is 13.0. The molecule has 2 aliphatic heterocycles. The van der Waals surface area contributed by atoms with Crippen LogP contribution in [-0.2, 0) is 9.59 Å². The zero-order valence-corrected chi connectivity index (χ0v) is 11.2. The molecular weight excluding hydrogens is 230 g/mol. The Labute approximate surface area is 108 Å². The minimum Gasteiger partial charge on any atom is -0.341 e. The normalized spacial score (nSPS) is 25.4. The van der Waals surface area contributed by atoms with Gasteiger partial charge in [-0.3, -0.25) is 9.59 Å². The summed E-state index contributed by atoms with van der Waals surface area (Å²) in [4.78, 5) is 27.7. The monoisotopic (exact) mass is 253 g/mol. The van der Waals surface area contributed by atoms with E-state index in [1.807, 2.05) is 4.90 Å². The van der Waals surface area contributed by atoms with Crippen molar-refractivity contribution in [3.8, 4) is 0 Å². The average Bonchev–Trinajstić information content (AvgIpc) is 2.61. The third-order valence-electron chi connectivity index (χ3n) is 3.93. The molecule has 5 nitrogen and oxygen atoms in total. The van der Waals surface area contributed by atoms with Crippen molar-refractivity contribution in [1.29, 1.82) is 0 Å². The summed E-state index contributed by atoms with van der Waals surface area (Å²) in [7, 11) is 1.79. The Bertz CT molecular complexity index is 311. The topological polar surface area (TPSA) is 52.7 Å². The van der Waals surface area contributed by atoms with Gasteiger partial charge in [-0.25, -0.2) is 0 Å². The third kappa shape index (κ3) is 3.02. The fourth-order valence-corrected chi connectivity index (χ4v) is 2.75. The van der Waals surface area contributed by atoms with Gasteiger partial charge in [0.2, 0.25) is 11.8 Å². The molecule has 18 heavy (non-hydrogen) atoms. The van der Waals surface area contributed by atoms with Gasteiger partial charge in [-0.15, -0.1) is 0 Å². The summed E-state index contributed by atoms with van der Waals surface area (Å²) in [6, 6.07) is -0.0954. The van der Waals surface area contributed by atoms with Crippen LogP contribution >= 0.6 is 0 Å². The minimum absolute atomic E-state index is 0.0701. The van der Waals surface area contributed by atoms with Gasteiger partial charge in [0, 0.05) is 19.6 Å². The van der Waals surface area contributed by atoms with Gasteiger partial charge >= 0.3 is 0 Å². The molecule has 0 spiro atoms. The lowest BCUT2D eigenvalue weighted by Crippen LogP contribution is -2.43. The van der Waals surface area contributed by atoms with E-state index < -0.39 is 0 Å². The number of likely N-dealkylation sites (tertiary alicyclic amines) is 2. The maximum Gasteiger partial charge on any atom is 0.242 e. The molecule has 0 unspecified atom stereocenters. The fourth-order valence-electron chi connectivity index (χ4n) is 2.75. The highest BCUT2D eigenvalue weighted by Gasteiger charge is 2.32. The van der Waals surface area contributed by atoms with Gasteiger partial charge in [-0.1, -0.05) is 12.8 Å². The summed E-state index contributed by atoms with van der Waals surface area (Å²) in [5.74, 6) is 0.183. The molecule has 2 fully saturated rings. The summed E-state index contributed by atoms with van der Waals surface area (Å²) in [6.07, 6.45) is 5.43. The second kappa shape index (κ2) is 6.18. The van der Waals surface area contributed by atoms with Gasteiger partial charge in [-0.2, -0.15) is 0 Å². The summed E-state index contributed by atoms with van der Waals surface area (Å²) >= 11 is 0. The summed E-state index contributed by atoms with van der Waals surface area (Å²) in [5, 5.41) is 2.99. The first-order valence-corrected chi connectivity index (χ1v) is 6.96. The number of carbonyl (C=O) groups is 2. The van der Waals surface area contributed by atoms with Gasteiger partial charge < -0.3 is 15.1 Å². The van der Waals surface area contributed by atoms with Crippen molar-refractivity contribution in [3.05, 3.63) is 0 Å². The standard InChI is InChI=1S/C13H23N3O2/c1-14-11-6-9-16(13(11)18)10-12(17)15-7-4-2-3-5-8-15/h11,14H,2-10H2,1H3/t11-/m0/s1. The van der Waals surface area contributed by atoms with Crippen LogP contribution in [0.2, 0.25) is 0 Å². The number of amides is 2. The number of hydrogen-bond donors (Lipinski definition) is 1. The fraction of sp³-hybridized carbons (Fsp3) is 0.846. The molecule has 102 valence electrons. The highest BCUT2D eigenvalue weighted by Crippen LogP contribution is 2.13. The van der Waals surface area contributed by atoms with E-state index in [-0.39, 0.29) is 24.4 Å². The largest absolute Gasteiger partial charge is 0.341 e. The average molecular weight is 253 g/mol. The molecule has 2 amide bonds. The van der Waals surface area contributed by atoms with E-state index in [4.69, 9.17) is 0 Å². The van der Waals surface area contributed by atoms with Crippen LogP contribution in [0.5, 0.6) is 0 Å². The van der Waals surface area contributed by atoms with Crippen LogP contribution in [0.15, 0.2) is 0 Å². The number of nitrogens with zero attached hydrogens (tertiary/aromatic N) is 2. The molecule has 0 aromatic carbocycles. The molecule has 5 heteroatoms. The van der Waals surface area contributed by atoms with Crippen molar-refractivity contribution in [2.24, 2.45) is 0 Å². The number of rotatable bonds is 3. The van der Waals surface area contributed by atoms with Gasteiger partial charge in [0.25, 0.3) is 0 Å². The second-order valence-corrected chi connectivity index (χ2v) is 5.18. The first-order chi connectivity index (χ1) is 8.72. The van der Waals surface area contributed by atoms with Gasteiger partial charge in [0.05, 0.1) is 12.6 Å². The molecular formula is C13H23N3O2. The SMILES string of the molecule is CN[C@H]1CCN(CC(=O)N2CCCCCC2)C1=O. The van der Waals surface area contributed by atoms with E-state index >= 15 is 0 Å². The van der Waals surface area contributed by atoms with Crippen molar-refractivity contribution in [3.63, 3.8) is 0 Å². The molecule has 0 aromatic heterocycles. The Morgan fingerprint density at radius 1 is 1.22 bits per heavy atom. The van der Waals surface area contributed by atoms with Crippen LogP contribution in [0.1, 0.15) is 32.1 Å². The van der Waals surface area contributed by atoms with Crippen LogP contribution in [-0.4, -0.2) is 60.9 Å². The zero-order valence-electron chi connectivity index (χ0n) is 11.2. The Morgan fingerprint density at radius 3 is 2.44 bits per heavy atom. The van der Waals surface area contributed by atoms with E-state index in [9.17, 15) is 9.59 Å². The molecule has 2 saturated heterocycles. The highest BCUT2D eigenvalue weighted by molar-refractivity contribution is 5.89. The molecule has 1 N–H and O–H groups in total. The van der Waals surface area contributed by atoms with Crippen molar-refractivity contribution in [2.45, 2.75) is 38.1 Å². The van der Waals surface area contributed by atoms with Crippen molar-refractivity contribution in [2.75, 3.05) is 33.2 Å². The maximum atomic E-state index is 12.2. The lowest BCUT2D eigenvalue weighted by molar-refractivity contribution is -0.138. The van der Waals surface area contributed by atoms with E-state index in [1.54, 1.807) is 11.9 Å². The molecule has 2 aliphatic rings. The lowest BCUT2D eigenvalue weighted by Gasteiger charge is -2.24. The van der Waals surface area contributed by atoms with E-state index in [1.165, 1.54) is 12.8 Å². The number of carbonyl (C=O) groups excluding carboxylic acids is 2. The minimum atomic E-state index is -0.0954. The smallest absolute Gasteiger partial charge is 0.242 e.